The van der Waals surface area contributed by atoms with Gasteiger partial charge in [-0.15, -0.1) is 0 Å². The van der Waals surface area contributed by atoms with Crippen LogP contribution in [0.15, 0.2) is 12.2 Å². The van der Waals surface area contributed by atoms with Gasteiger partial charge in [0.1, 0.15) is 5.78 Å². The highest BCUT2D eigenvalue weighted by atomic mass is 16.1. The largest absolute Gasteiger partial charge is 0.299 e. The van der Waals surface area contributed by atoms with Crippen molar-refractivity contribution in [3.63, 3.8) is 0 Å². The Hall–Kier alpha value is -0.590. The number of hydrogen-bond acceptors (Lipinski definition) is 1. The number of rotatable bonds is 3. The van der Waals surface area contributed by atoms with E-state index in [1.54, 1.807) is 0 Å². The van der Waals surface area contributed by atoms with Crippen LogP contribution < -0.4 is 0 Å². The highest BCUT2D eigenvalue weighted by molar-refractivity contribution is 5.81. The summed E-state index contributed by atoms with van der Waals surface area (Å²) in [5.74, 6) is 0.780. The van der Waals surface area contributed by atoms with Crippen LogP contribution in [-0.2, 0) is 4.79 Å². The molecule has 1 atom stereocenters. The van der Waals surface area contributed by atoms with Crippen molar-refractivity contribution in [3.8, 4) is 0 Å². The third kappa shape index (κ3) is 3.33. The molecule has 1 fully saturated rings. The maximum absolute atomic E-state index is 11.6. The lowest BCUT2D eigenvalue weighted by Gasteiger charge is -2.13. The maximum Gasteiger partial charge on any atom is 0.136 e. The summed E-state index contributed by atoms with van der Waals surface area (Å²) in [5, 5.41) is 0. The molecule has 0 aliphatic heterocycles. The molecule has 1 aliphatic rings. The van der Waals surface area contributed by atoms with E-state index in [4.69, 9.17) is 0 Å². The first-order valence-electron chi connectivity index (χ1n) is 5.43. The van der Waals surface area contributed by atoms with E-state index in [1.807, 2.05) is 0 Å². The molecule has 13 heavy (non-hydrogen) atoms. The monoisotopic (exact) mass is 180 g/mol. The first-order chi connectivity index (χ1) is 6.24. The topological polar surface area (TPSA) is 17.1 Å². The van der Waals surface area contributed by atoms with Crippen molar-refractivity contribution >= 4 is 5.78 Å². The Balaban J connectivity index is 2.45. The van der Waals surface area contributed by atoms with Gasteiger partial charge in [0.15, 0.2) is 0 Å². The molecule has 0 spiro atoms. The number of allylic oxidation sites excluding steroid dienone is 1. The quantitative estimate of drug-likeness (QED) is 0.480. The first kappa shape index (κ1) is 10.5. The number of carbonyl (C=O) groups is 1. The lowest BCUT2D eigenvalue weighted by molar-refractivity contribution is -0.122. The molecule has 0 aromatic rings. The van der Waals surface area contributed by atoms with E-state index in [9.17, 15) is 4.79 Å². The van der Waals surface area contributed by atoms with Crippen molar-refractivity contribution in [2.75, 3.05) is 0 Å². The fourth-order valence-corrected chi connectivity index (χ4v) is 1.94. The number of carbonyl (C=O) groups excluding carboxylic acids is 1. The van der Waals surface area contributed by atoms with Crippen LogP contribution in [0.3, 0.4) is 0 Å². The molecule has 0 aromatic carbocycles. The molecule has 1 unspecified atom stereocenters. The summed E-state index contributed by atoms with van der Waals surface area (Å²) in [7, 11) is 0. The summed E-state index contributed by atoms with van der Waals surface area (Å²) in [6.07, 6.45) is 7.43. The lowest BCUT2D eigenvalue weighted by atomic mass is 9.91. The fourth-order valence-electron chi connectivity index (χ4n) is 1.94. The van der Waals surface area contributed by atoms with Gasteiger partial charge in [0.25, 0.3) is 0 Å². The van der Waals surface area contributed by atoms with Gasteiger partial charge in [-0.25, -0.2) is 0 Å². The Morgan fingerprint density at radius 3 is 2.92 bits per heavy atom. The molecule has 0 amide bonds. The number of ketones is 1. The van der Waals surface area contributed by atoms with Gasteiger partial charge in [0.05, 0.1) is 0 Å². The Labute approximate surface area is 81.2 Å². The highest BCUT2D eigenvalue weighted by Gasteiger charge is 2.20. The number of hydrogen-bond donors (Lipinski definition) is 0. The Morgan fingerprint density at radius 2 is 2.23 bits per heavy atom. The van der Waals surface area contributed by atoms with Crippen molar-refractivity contribution in [1.82, 2.24) is 0 Å². The summed E-state index contributed by atoms with van der Waals surface area (Å²) in [4.78, 5) is 11.6. The normalized spacial score (nSPS) is 24.1. The second-order valence-electron chi connectivity index (χ2n) is 4.07. The van der Waals surface area contributed by atoms with Crippen molar-refractivity contribution in [2.45, 2.75) is 51.9 Å². The molecule has 1 nitrogen and oxygen atoms in total. The lowest BCUT2D eigenvalue weighted by Crippen LogP contribution is -2.12. The van der Waals surface area contributed by atoms with Crippen LogP contribution in [-0.4, -0.2) is 5.78 Å². The summed E-state index contributed by atoms with van der Waals surface area (Å²) in [5.41, 5.74) is 1.24. The third-order valence-electron chi connectivity index (χ3n) is 2.97. The van der Waals surface area contributed by atoms with Gasteiger partial charge in [-0.05, 0) is 25.7 Å². The van der Waals surface area contributed by atoms with Gasteiger partial charge in [-0.1, -0.05) is 31.9 Å². The Morgan fingerprint density at radius 1 is 1.46 bits per heavy atom. The van der Waals surface area contributed by atoms with Crippen LogP contribution >= 0.6 is 0 Å². The fraction of sp³-hybridized carbons (Fsp3) is 0.750. The molecule has 0 heterocycles. The van der Waals surface area contributed by atoms with E-state index < -0.39 is 0 Å². The van der Waals surface area contributed by atoms with Gasteiger partial charge >= 0.3 is 0 Å². The average molecular weight is 180 g/mol. The van der Waals surface area contributed by atoms with Gasteiger partial charge < -0.3 is 0 Å². The minimum atomic E-state index is 0.301. The molecule has 1 saturated carbocycles. The van der Waals surface area contributed by atoms with Gasteiger partial charge in [0, 0.05) is 12.3 Å². The van der Waals surface area contributed by atoms with Crippen molar-refractivity contribution in [2.24, 2.45) is 5.92 Å². The van der Waals surface area contributed by atoms with E-state index in [1.165, 1.54) is 18.4 Å². The standard InChI is InChI=1S/C12H20O/c1-3-10(2)9-11-7-5-4-6-8-12(11)13/h11H,2-9H2,1H3. The van der Waals surface area contributed by atoms with Crippen molar-refractivity contribution in [1.29, 1.82) is 0 Å². The van der Waals surface area contributed by atoms with E-state index in [2.05, 4.69) is 13.5 Å². The summed E-state index contributed by atoms with van der Waals surface area (Å²) in [6, 6.07) is 0. The summed E-state index contributed by atoms with van der Waals surface area (Å²) < 4.78 is 0. The molecule has 0 aromatic heterocycles. The predicted molar refractivity (Wildman–Crippen MR) is 55.6 cm³/mol. The zero-order valence-corrected chi connectivity index (χ0v) is 8.64. The number of Topliss-reactive ketones (excluding diaryl/α,β-unsaturated/α-hetero) is 1. The second kappa shape index (κ2) is 5.21. The molecule has 0 radical (unpaired) electrons. The molecule has 0 bridgehead atoms. The van der Waals surface area contributed by atoms with E-state index in [-0.39, 0.29) is 0 Å². The molecule has 1 rings (SSSR count). The van der Waals surface area contributed by atoms with Crippen LogP contribution in [0.4, 0.5) is 0 Å². The van der Waals surface area contributed by atoms with Gasteiger partial charge in [0.2, 0.25) is 0 Å². The molecular formula is C12H20O. The van der Waals surface area contributed by atoms with Crippen LogP contribution in [0.5, 0.6) is 0 Å². The highest BCUT2D eigenvalue weighted by Crippen LogP contribution is 2.25. The zero-order chi connectivity index (χ0) is 9.68. The van der Waals surface area contributed by atoms with Crippen LogP contribution in [0.2, 0.25) is 0 Å². The van der Waals surface area contributed by atoms with Crippen LogP contribution in [0, 0.1) is 5.92 Å². The molecule has 1 heteroatoms. The Bertz CT molecular complexity index is 193. The minimum absolute atomic E-state index is 0.301. The molecule has 0 saturated heterocycles. The molecule has 74 valence electrons. The van der Waals surface area contributed by atoms with Crippen LogP contribution in [0.25, 0.3) is 0 Å². The van der Waals surface area contributed by atoms with Gasteiger partial charge in [-0.3, -0.25) is 4.79 Å². The smallest absolute Gasteiger partial charge is 0.136 e. The average Bonchev–Trinajstić information content (AvgIpc) is 2.32. The zero-order valence-electron chi connectivity index (χ0n) is 8.64. The maximum atomic E-state index is 11.6. The van der Waals surface area contributed by atoms with E-state index in [0.29, 0.717) is 11.7 Å². The van der Waals surface area contributed by atoms with Gasteiger partial charge in [-0.2, -0.15) is 0 Å². The van der Waals surface area contributed by atoms with Crippen molar-refractivity contribution < 1.29 is 4.79 Å². The third-order valence-corrected chi connectivity index (χ3v) is 2.97. The predicted octanol–water partition coefficient (Wildman–Crippen LogP) is 3.49. The van der Waals surface area contributed by atoms with E-state index >= 15 is 0 Å². The second-order valence-corrected chi connectivity index (χ2v) is 4.07. The molecule has 1 aliphatic carbocycles. The molecular weight excluding hydrogens is 160 g/mol. The van der Waals surface area contributed by atoms with Crippen LogP contribution in [0.1, 0.15) is 51.9 Å². The van der Waals surface area contributed by atoms with Crippen molar-refractivity contribution in [3.05, 3.63) is 12.2 Å². The SMILES string of the molecule is C=C(CC)CC1CCCCCC1=O. The molecule has 0 N–H and O–H groups in total. The summed E-state index contributed by atoms with van der Waals surface area (Å²) >= 11 is 0. The summed E-state index contributed by atoms with van der Waals surface area (Å²) in [6.45, 7) is 6.09. The van der Waals surface area contributed by atoms with E-state index in [0.717, 1.165) is 32.1 Å². The first-order valence-corrected chi connectivity index (χ1v) is 5.43. The Kier molecular flexibility index (Phi) is 4.20. The minimum Gasteiger partial charge on any atom is -0.299 e.